The summed E-state index contributed by atoms with van der Waals surface area (Å²) in [5.74, 6) is -2.11. The quantitative estimate of drug-likeness (QED) is 0.326. The van der Waals surface area contributed by atoms with Crippen LogP contribution in [0.4, 0.5) is 0 Å². The van der Waals surface area contributed by atoms with Gasteiger partial charge in [-0.2, -0.15) is 0 Å². The van der Waals surface area contributed by atoms with Gasteiger partial charge in [0.15, 0.2) is 0 Å². The van der Waals surface area contributed by atoms with Crippen LogP contribution in [0.2, 0.25) is 0 Å². The summed E-state index contributed by atoms with van der Waals surface area (Å²) in [5.41, 5.74) is -1.20. The molecule has 4 saturated carbocycles. The molecular formula is C31H50O7. The van der Waals surface area contributed by atoms with E-state index < -0.39 is 40.9 Å². The summed E-state index contributed by atoms with van der Waals surface area (Å²) in [7, 11) is 0. The first-order valence-electron chi connectivity index (χ1n) is 14.8. The van der Waals surface area contributed by atoms with Crippen molar-refractivity contribution in [2.75, 3.05) is 6.61 Å². The van der Waals surface area contributed by atoms with E-state index in [0.717, 1.165) is 31.3 Å². The van der Waals surface area contributed by atoms with Crippen LogP contribution in [0.25, 0.3) is 0 Å². The fourth-order valence-electron chi connectivity index (χ4n) is 10.7. The fraction of sp³-hybridized carbons (Fsp3) is 0.871. The van der Waals surface area contributed by atoms with Gasteiger partial charge >= 0.3 is 11.9 Å². The van der Waals surface area contributed by atoms with E-state index in [-0.39, 0.29) is 40.6 Å². The molecule has 0 bridgehead atoms. The molecule has 0 radical (unpaired) electrons. The van der Waals surface area contributed by atoms with Gasteiger partial charge in [-0.25, -0.2) is 0 Å². The number of carbonyl (C=O) groups is 2. The van der Waals surface area contributed by atoms with Gasteiger partial charge in [0.1, 0.15) is 0 Å². The highest BCUT2D eigenvalue weighted by molar-refractivity contribution is 5.78. The van der Waals surface area contributed by atoms with Gasteiger partial charge in [0, 0.05) is 5.41 Å². The lowest BCUT2D eigenvalue weighted by Crippen LogP contribution is -2.68. The van der Waals surface area contributed by atoms with Crippen LogP contribution >= 0.6 is 0 Å². The zero-order valence-electron chi connectivity index (χ0n) is 24.2. The smallest absolute Gasteiger partial charge is 0.310 e. The van der Waals surface area contributed by atoms with Crippen molar-refractivity contribution < 1.29 is 35.1 Å². The van der Waals surface area contributed by atoms with Crippen LogP contribution in [0.15, 0.2) is 11.6 Å². The van der Waals surface area contributed by atoms with E-state index >= 15 is 0 Å². The molecule has 4 unspecified atom stereocenters. The molecule has 0 aromatic carbocycles. The Labute approximate surface area is 227 Å². The second kappa shape index (κ2) is 9.59. The van der Waals surface area contributed by atoms with Crippen molar-refractivity contribution in [3.8, 4) is 0 Å². The van der Waals surface area contributed by atoms with Crippen LogP contribution < -0.4 is 0 Å². The molecule has 38 heavy (non-hydrogen) atoms. The minimum atomic E-state index is -0.962. The van der Waals surface area contributed by atoms with Gasteiger partial charge in [-0.3, -0.25) is 9.59 Å². The van der Waals surface area contributed by atoms with Crippen LogP contribution in [-0.2, 0) is 9.59 Å². The maximum atomic E-state index is 12.7. The lowest BCUT2D eigenvalue weighted by Gasteiger charge is -2.71. The van der Waals surface area contributed by atoms with Crippen LogP contribution in [0.1, 0.15) is 99.3 Å². The summed E-state index contributed by atoms with van der Waals surface area (Å²) in [6.07, 6.45) is 5.90. The monoisotopic (exact) mass is 534 g/mol. The van der Waals surface area contributed by atoms with Gasteiger partial charge in [-0.05, 0) is 91.8 Å². The van der Waals surface area contributed by atoms with E-state index in [1.807, 2.05) is 20.8 Å². The zero-order valence-corrected chi connectivity index (χ0v) is 24.2. The molecule has 0 aliphatic heterocycles. The van der Waals surface area contributed by atoms with Gasteiger partial charge in [-0.1, -0.05) is 53.2 Å². The normalized spacial score (nSPS) is 51.6. The van der Waals surface area contributed by atoms with E-state index in [1.165, 1.54) is 0 Å². The lowest BCUT2D eigenvalue weighted by atomic mass is 9.33. The molecule has 7 heteroatoms. The number of aliphatic carboxylic acids is 2. The standard InChI is InChI=1S/C29H44O7.C2H6/c1-25-14-19(31)22(32)26(2,15-30)20(25)8-9-28(4)21(25)6-5-17-18-13-16(23(33)34)7-10-29(18,24(35)36)12-11-27(17,28)3;1-2/h5,16,18-22,30-32H,6-15H2,1-4H3,(H,33,34)(H,35,36);1-2H3/t16-,18?,19-,20?,21?,22?,25-,26-,27+,28+,29+;/m0./s1. The minimum absolute atomic E-state index is 0.0674. The molecular weight excluding hydrogens is 484 g/mol. The number of aliphatic hydroxyl groups excluding tert-OH is 3. The van der Waals surface area contributed by atoms with Gasteiger partial charge < -0.3 is 25.5 Å². The molecule has 0 saturated heterocycles. The molecule has 0 aromatic rings. The average Bonchev–Trinajstić information content (AvgIpc) is 2.88. The Kier molecular flexibility index (Phi) is 7.45. The Balaban J connectivity index is 0.00000164. The average molecular weight is 535 g/mol. The Morgan fingerprint density at radius 3 is 2.18 bits per heavy atom. The molecule has 5 aliphatic rings. The topological polar surface area (TPSA) is 135 Å². The zero-order chi connectivity index (χ0) is 28.5. The van der Waals surface area contributed by atoms with Crippen molar-refractivity contribution in [2.45, 2.75) is 112 Å². The van der Waals surface area contributed by atoms with Crippen molar-refractivity contribution in [1.82, 2.24) is 0 Å². The molecule has 7 nitrogen and oxygen atoms in total. The molecule has 0 spiro atoms. The van der Waals surface area contributed by atoms with Crippen LogP contribution in [0.3, 0.4) is 0 Å². The summed E-state index contributed by atoms with van der Waals surface area (Å²) in [4.78, 5) is 24.6. The molecule has 5 N–H and O–H groups in total. The Hall–Kier alpha value is -1.44. The van der Waals surface area contributed by atoms with Crippen molar-refractivity contribution in [3.63, 3.8) is 0 Å². The van der Waals surface area contributed by atoms with Gasteiger partial charge in [0.05, 0.1) is 30.1 Å². The fourth-order valence-corrected chi connectivity index (χ4v) is 10.7. The van der Waals surface area contributed by atoms with E-state index in [1.54, 1.807) is 0 Å². The first-order valence-corrected chi connectivity index (χ1v) is 14.8. The molecule has 0 aromatic heterocycles. The molecule has 5 aliphatic carbocycles. The van der Waals surface area contributed by atoms with Crippen LogP contribution in [0.5, 0.6) is 0 Å². The highest BCUT2D eigenvalue weighted by Gasteiger charge is 2.70. The van der Waals surface area contributed by atoms with E-state index in [0.29, 0.717) is 32.1 Å². The second-order valence-corrected chi connectivity index (χ2v) is 14.0. The Morgan fingerprint density at radius 1 is 0.947 bits per heavy atom. The number of aliphatic hydroxyl groups is 3. The number of hydrogen-bond donors (Lipinski definition) is 5. The summed E-state index contributed by atoms with van der Waals surface area (Å²) < 4.78 is 0. The SMILES string of the molecule is CC.C[C@]12C[C@H](O)C(O)[C@@](C)(CO)C1CC[C@]1(C)C2CC=C2C3C[C@@H](C(=O)O)CC[C@@]3(C(=O)O)CC[C@]21C. The molecule has 5 rings (SSSR count). The summed E-state index contributed by atoms with van der Waals surface area (Å²) >= 11 is 0. The third-order valence-electron chi connectivity index (χ3n) is 13.0. The third kappa shape index (κ3) is 3.63. The summed E-state index contributed by atoms with van der Waals surface area (Å²) in [6, 6.07) is 0. The van der Waals surface area contributed by atoms with E-state index in [4.69, 9.17) is 0 Å². The predicted octanol–water partition coefficient (Wildman–Crippen LogP) is 4.88. The third-order valence-corrected chi connectivity index (χ3v) is 13.0. The molecule has 0 heterocycles. The maximum absolute atomic E-state index is 12.7. The number of carboxylic acid groups (broad SMARTS) is 2. The van der Waals surface area contributed by atoms with Gasteiger partial charge in [-0.15, -0.1) is 0 Å². The van der Waals surface area contributed by atoms with E-state index in [9.17, 15) is 35.1 Å². The van der Waals surface area contributed by atoms with Crippen molar-refractivity contribution >= 4 is 11.9 Å². The van der Waals surface area contributed by atoms with Gasteiger partial charge in [0.25, 0.3) is 0 Å². The Morgan fingerprint density at radius 2 is 1.61 bits per heavy atom. The highest BCUT2D eigenvalue weighted by atomic mass is 16.4. The number of hydrogen-bond acceptors (Lipinski definition) is 5. The minimum Gasteiger partial charge on any atom is -0.481 e. The summed E-state index contributed by atoms with van der Waals surface area (Å²) in [5, 5.41) is 52.4. The number of carboxylic acids is 2. The van der Waals surface area contributed by atoms with E-state index in [2.05, 4.69) is 26.8 Å². The molecule has 0 amide bonds. The van der Waals surface area contributed by atoms with Crippen molar-refractivity contribution in [1.29, 1.82) is 0 Å². The maximum Gasteiger partial charge on any atom is 0.310 e. The number of allylic oxidation sites excluding steroid dienone is 2. The molecule has 216 valence electrons. The van der Waals surface area contributed by atoms with Crippen LogP contribution in [-0.4, -0.2) is 56.3 Å². The van der Waals surface area contributed by atoms with Crippen molar-refractivity contribution in [2.24, 2.45) is 50.7 Å². The van der Waals surface area contributed by atoms with Crippen LogP contribution in [0, 0.1) is 50.7 Å². The second-order valence-electron chi connectivity index (χ2n) is 14.0. The highest BCUT2D eigenvalue weighted by Crippen LogP contribution is 2.75. The van der Waals surface area contributed by atoms with Gasteiger partial charge in [0.2, 0.25) is 0 Å². The summed E-state index contributed by atoms with van der Waals surface area (Å²) in [6.45, 7) is 12.6. The Bertz CT molecular complexity index is 993. The number of fused-ring (bicyclic) bond motifs is 7. The number of rotatable bonds is 3. The first-order chi connectivity index (χ1) is 17.7. The molecule has 4 fully saturated rings. The first kappa shape index (κ1) is 29.5. The van der Waals surface area contributed by atoms with Crippen molar-refractivity contribution in [3.05, 3.63) is 11.6 Å². The lowest BCUT2D eigenvalue weighted by molar-refractivity contribution is -0.243. The predicted molar refractivity (Wildman–Crippen MR) is 144 cm³/mol. The largest absolute Gasteiger partial charge is 0.481 e. The molecule has 11 atom stereocenters.